The SMILES string of the molecule is COCCC(=O)Nc1c(F)ccc([N+](=O)[O-])c1N1CCCC1CNC(=O)O. The predicted octanol–water partition coefficient (Wildman–Crippen LogP) is 1.95. The number of hydrogen-bond acceptors (Lipinski definition) is 6. The fraction of sp³-hybridized carbons (Fsp3) is 0.500. The van der Waals surface area contributed by atoms with Crippen molar-refractivity contribution in [3.8, 4) is 0 Å². The largest absolute Gasteiger partial charge is 0.465 e. The number of carboxylic acid groups (broad SMARTS) is 1. The molecule has 27 heavy (non-hydrogen) atoms. The van der Waals surface area contributed by atoms with Gasteiger partial charge in [-0.3, -0.25) is 14.9 Å². The molecule has 10 nitrogen and oxygen atoms in total. The minimum Gasteiger partial charge on any atom is -0.465 e. The molecule has 1 unspecified atom stereocenters. The number of nitrogens with one attached hydrogen (secondary N) is 2. The summed E-state index contributed by atoms with van der Waals surface area (Å²) < 4.78 is 19.3. The average Bonchev–Trinajstić information content (AvgIpc) is 3.07. The van der Waals surface area contributed by atoms with Crippen molar-refractivity contribution in [3.63, 3.8) is 0 Å². The Morgan fingerprint density at radius 2 is 2.22 bits per heavy atom. The van der Waals surface area contributed by atoms with Crippen LogP contribution in [-0.2, 0) is 9.53 Å². The van der Waals surface area contributed by atoms with E-state index in [4.69, 9.17) is 9.84 Å². The first kappa shape index (κ1) is 20.4. The predicted molar refractivity (Wildman–Crippen MR) is 94.6 cm³/mol. The molecule has 0 spiro atoms. The quantitative estimate of drug-likeness (QED) is 0.460. The number of carbonyl (C=O) groups excluding carboxylic acids is 1. The molecule has 3 N–H and O–H groups in total. The first-order chi connectivity index (χ1) is 12.8. The minimum absolute atomic E-state index is 0.0278. The molecule has 0 aromatic heterocycles. The summed E-state index contributed by atoms with van der Waals surface area (Å²) in [4.78, 5) is 35.2. The Bertz CT molecular complexity index is 729. The van der Waals surface area contributed by atoms with Crippen LogP contribution in [0.4, 0.5) is 26.2 Å². The van der Waals surface area contributed by atoms with Crippen LogP contribution in [0.2, 0.25) is 0 Å². The normalized spacial score (nSPS) is 16.2. The van der Waals surface area contributed by atoms with E-state index >= 15 is 0 Å². The molecule has 11 heteroatoms. The van der Waals surface area contributed by atoms with Crippen LogP contribution >= 0.6 is 0 Å². The number of halogens is 1. The number of nitro groups is 1. The highest BCUT2D eigenvalue weighted by molar-refractivity contribution is 5.96. The molecule has 0 radical (unpaired) electrons. The Balaban J connectivity index is 2.41. The van der Waals surface area contributed by atoms with Crippen molar-refractivity contribution < 1.29 is 28.7 Å². The third-order valence-corrected chi connectivity index (χ3v) is 4.25. The van der Waals surface area contributed by atoms with Gasteiger partial charge in [-0.2, -0.15) is 0 Å². The van der Waals surface area contributed by atoms with Gasteiger partial charge in [0.2, 0.25) is 5.91 Å². The van der Waals surface area contributed by atoms with Crippen molar-refractivity contribution in [1.82, 2.24) is 5.32 Å². The van der Waals surface area contributed by atoms with Crippen molar-refractivity contribution in [1.29, 1.82) is 0 Å². The maximum Gasteiger partial charge on any atom is 0.404 e. The van der Waals surface area contributed by atoms with Gasteiger partial charge in [0.25, 0.3) is 5.69 Å². The third-order valence-electron chi connectivity index (χ3n) is 4.25. The molecule has 0 aliphatic carbocycles. The topological polar surface area (TPSA) is 134 Å². The summed E-state index contributed by atoms with van der Waals surface area (Å²) in [5.41, 5.74) is -0.700. The lowest BCUT2D eigenvalue weighted by Crippen LogP contribution is -2.40. The maximum absolute atomic E-state index is 14.5. The first-order valence-electron chi connectivity index (χ1n) is 8.34. The number of ether oxygens (including phenoxy) is 1. The highest BCUT2D eigenvalue weighted by Gasteiger charge is 2.34. The van der Waals surface area contributed by atoms with Crippen LogP contribution in [0.25, 0.3) is 0 Å². The van der Waals surface area contributed by atoms with Crippen LogP contribution in [0.1, 0.15) is 19.3 Å². The molecular formula is C16H21FN4O6. The number of amides is 2. The number of methoxy groups -OCH3 is 1. The van der Waals surface area contributed by atoms with E-state index in [-0.39, 0.29) is 36.6 Å². The monoisotopic (exact) mass is 384 g/mol. The van der Waals surface area contributed by atoms with E-state index in [2.05, 4.69) is 10.6 Å². The number of anilines is 2. The molecule has 1 heterocycles. The van der Waals surface area contributed by atoms with Crippen LogP contribution in [0.3, 0.4) is 0 Å². The van der Waals surface area contributed by atoms with E-state index in [0.29, 0.717) is 19.4 Å². The number of nitro benzene ring substituents is 1. The van der Waals surface area contributed by atoms with Gasteiger partial charge >= 0.3 is 6.09 Å². The van der Waals surface area contributed by atoms with Crippen LogP contribution in [0.5, 0.6) is 0 Å². The fourth-order valence-corrected chi connectivity index (χ4v) is 3.06. The summed E-state index contributed by atoms with van der Waals surface area (Å²) in [5, 5.41) is 24.9. The molecule has 0 bridgehead atoms. The third kappa shape index (κ3) is 5.03. The van der Waals surface area contributed by atoms with Crippen LogP contribution in [-0.4, -0.2) is 54.9 Å². The lowest BCUT2D eigenvalue weighted by molar-refractivity contribution is -0.384. The van der Waals surface area contributed by atoms with Gasteiger partial charge in [-0.1, -0.05) is 0 Å². The van der Waals surface area contributed by atoms with Crippen LogP contribution in [0, 0.1) is 15.9 Å². The summed E-state index contributed by atoms with van der Waals surface area (Å²) in [6, 6.07) is 1.57. The molecule has 2 amide bonds. The average molecular weight is 384 g/mol. The Kier molecular flexibility index (Phi) is 6.88. The van der Waals surface area contributed by atoms with E-state index < -0.39 is 28.8 Å². The molecule has 1 atom stereocenters. The van der Waals surface area contributed by atoms with Gasteiger partial charge in [0.15, 0.2) is 0 Å². The second-order valence-corrected chi connectivity index (χ2v) is 6.01. The Labute approximate surface area is 154 Å². The Hall–Kier alpha value is -2.95. The first-order valence-corrected chi connectivity index (χ1v) is 8.34. The fourth-order valence-electron chi connectivity index (χ4n) is 3.06. The van der Waals surface area contributed by atoms with E-state index in [1.165, 1.54) is 7.11 Å². The number of hydrogen-bond donors (Lipinski definition) is 3. The summed E-state index contributed by atoms with van der Waals surface area (Å²) in [5.74, 6) is -1.35. The van der Waals surface area contributed by atoms with Gasteiger partial charge in [-0.05, 0) is 18.9 Å². The van der Waals surface area contributed by atoms with Crippen molar-refractivity contribution >= 4 is 29.1 Å². The number of rotatable bonds is 8. The molecule has 1 aromatic carbocycles. The second-order valence-electron chi connectivity index (χ2n) is 6.01. The molecule has 1 saturated heterocycles. The number of nitrogens with zero attached hydrogens (tertiary/aromatic N) is 2. The lowest BCUT2D eigenvalue weighted by Gasteiger charge is -2.28. The molecule has 148 valence electrons. The van der Waals surface area contributed by atoms with Gasteiger partial charge in [0, 0.05) is 32.3 Å². The molecule has 1 fully saturated rings. The molecular weight excluding hydrogens is 363 g/mol. The Morgan fingerprint density at radius 3 is 2.85 bits per heavy atom. The van der Waals surface area contributed by atoms with E-state index in [9.17, 15) is 24.1 Å². The highest BCUT2D eigenvalue weighted by Crippen LogP contribution is 2.41. The van der Waals surface area contributed by atoms with Crippen molar-refractivity contribution in [3.05, 3.63) is 28.1 Å². The molecule has 1 aliphatic rings. The summed E-state index contributed by atoms with van der Waals surface area (Å²) in [6.07, 6.45) is -0.0345. The maximum atomic E-state index is 14.5. The van der Waals surface area contributed by atoms with Gasteiger partial charge in [0.05, 0.1) is 18.0 Å². The van der Waals surface area contributed by atoms with Gasteiger partial charge in [-0.25, -0.2) is 9.18 Å². The van der Waals surface area contributed by atoms with E-state index in [1.807, 2.05) is 0 Å². The molecule has 1 aliphatic heterocycles. The smallest absolute Gasteiger partial charge is 0.404 e. The van der Waals surface area contributed by atoms with Gasteiger partial charge in [-0.15, -0.1) is 0 Å². The van der Waals surface area contributed by atoms with Crippen molar-refractivity contribution in [2.24, 2.45) is 0 Å². The zero-order valence-electron chi connectivity index (χ0n) is 14.7. The van der Waals surface area contributed by atoms with Crippen LogP contribution < -0.4 is 15.5 Å². The zero-order chi connectivity index (χ0) is 20.0. The van der Waals surface area contributed by atoms with Crippen molar-refractivity contribution in [2.75, 3.05) is 37.0 Å². The van der Waals surface area contributed by atoms with Gasteiger partial charge < -0.3 is 25.4 Å². The van der Waals surface area contributed by atoms with E-state index in [0.717, 1.165) is 12.1 Å². The standard InChI is InChI=1S/C16H21FN4O6/c1-27-8-6-13(22)19-14-11(17)4-5-12(21(25)26)15(14)20-7-2-3-10(20)9-18-16(23)24/h4-5,10,18H,2-3,6-9H2,1H3,(H,19,22)(H,23,24). The summed E-state index contributed by atoms with van der Waals surface area (Å²) >= 11 is 0. The number of carbonyl (C=O) groups is 2. The Morgan fingerprint density at radius 1 is 1.48 bits per heavy atom. The van der Waals surface area contributed by atoms with Gasteiger partial charge in [0.1, 0.15) is 17.2 Å². The minimum atomic E-state index is -1.22. The number of benzene rings is 1. The molecule has 1 aromatic rings. The summed E-state index contributed by atoms with van der Waals surface area (Å²) in [7, 11) is 1.41. The second kappa shape index (κ2) is 9.12. The lowest BCUT2D eigenvalue weighted by atomic mass is 10.1. The van der Waals surface area contributed by atoms with E-state index in [1.54, 1.807) is 4.90 Å². The highest BCUT2D eigenvalue weighted by atomic mass is 19.1. The van der Waals surface area contributed by atoms with Crippen molar-refractivity contribution in [2.45, 2.75) is 25.3 Å². The summed E-state index contributed by atoms with van der Waals surface area (Å²) in [6.45, 7) is 0.518. The zero-order valence-corrected chi connectivity index (χ0v) is 14.7. The van der Waals surface area contributed by atoms with Crippen LogP contribution in [0.15, 0.2) is 12.1 Å². The molecule has 0 saturated carbocycles. The molecule has 2 rings (SSSR count).